The van der Waals surface area contributed by atoms with Crippen LogP contribution in [0.3, 0.4) is 0 Å². The van der Waals surface area contributed by atoms with Crippen molar-refractivity contribution in [3.8, 4) is 0 Å². The van der Waals surface area contributed by atoms with Crippen molar-refractivity contribution in [3.63, 3.8) is 0 Å². The van der Waals surface area contributed by atoms with E-state index in [9.17, 15) is 4.79 Å². The van der Waals surface area contributed by atoms with Crippen molar-refractivity contribution in [1.82, 2.24) is 0 Å². The molecule has 0 radical (unpaired) electrons. The summed E-state index contributed by atoms with van der Waals surface area (Å²) in [6.07, 6.45) is 1.38. The van der Waals surface area contributed by atoms with Crippen molar-refractivity contribution in [2.45, 2.75) is 26.7 Å². The van der Waals surface area contributed by atoms with E-state index in [1.807, 2.05) is 13.8 Å². The molecule has 0 saturated carbocycles. The Balaban J connectivity index is 0. The average molecular weight is 118 g/mol. The van der Waals surface area contributed by atoms with Gasteiger partial charge in [0, 0.05) is 20.0 Å². The first-order chi connectivity index (χ1) is 3.81. The molecule has 0 saturated heterocycles. The van der Waals surface area contributed by atoms with Crippen LogP contribution in [-0.2, 0) is 4.79 Å². The molecule has 0 amide bonds. The van der Waals surface area contributed by atoms with Crippen LogP contribution < -0.4 is 0 Å². The molecule has 2 nitrogen and oxygen atoms in total. The van der Waals surface area contributed by atoms with Gasteiger partial charge in [0.2, 0.25) is 0 Å². The molecule has 2 heteroatoms. The van der Waals surface area contributed by atoms with Gasteiger partial charge in [0.1, 0.15) is 5.78 Å². The van der Waals surface area contributed by atoms with Gasteiger partial charge < -0.3 is 5.11 Å². The molecule has 0 rings (SSSR count). The fourth-order valence-electron chi connectivity index (χ4n) is 0.250. The smallest absolute Gasteiger partial charge is 0.132 e. The second-order valence-electron chi connectivity index (χ2n) is 1.25. The fraction of sp³-hybridized carbons (Fsp3) is 0.833. The maximum absolute atomic E-state index is 10.2. The highest BCUT2D eigenvalue weighted by molar-refractivity contribution is 5.77. The summed E-state index contributed by atoms with van der Waals surface area (Å²) >= 11 is 0. The van der Waals surface area contributed by atoms with Gasteiger partial charge in [0.15, 0.2) is 0 Å². The Morgan fingerprint density at radius 2 is 1.50 bits per heavy atom. The standard InChI is InChI=1S/C5H10O.CH4O/c1-3-5(6)4-2;1-2/h3-4H2,1-2H3;2H,1H3. The Hall–Kier alpha value is -0.370. The third-order valence-electron chi connectivity index (χ3n) is 0.789. The number of Topliss-reactive ketones (excluding diaryl/α,β-unsaturated/α-hetero) is 1. The van der Waals surface area contributed by atoms with Crippen LogP contribution in [0.4, 0.5) is 0 Å². The molecule has 0 aromatic carbocycles. The highest BCUT2D eigenvalue weighted by Gasteiger charge is 1.86. The number of aliphatic hydroxyl groups is 1. The molecule has 0 fully saturated rings. The number of rotatable bonds is 2. The van der Waals surface area contributed by atoms with E-state index < -0.39 is 0 Å². The predicted molar refractivity (Wildman–Crippen MR) is 33.7 cm³/mol. The average Bonchev–Trinajstić information content (AvgIpc) is 1.91. The molecule has 0 aromatic heterocycles. The minimum absolute atomic E-state index is 0.343. The Labute approximate surface area is 50.5 Å². The summed E-state index contributed by atoms with van der Waals surface area (Å²) in [5.74, 6) is 0.343. The lowest BCUT2D eigenvalue weighted by atomic mass is 10.3. The Kier molecular flexibility index (Phi) is 13.0. The third kappa shape index (κ3) is 9.16. The van der Waals surface area contributed by atoms with E-state index in [2.05, 4.69) is 0 Å². The zero-order valence-corrected chi connectivity index (χ0v) is 5.77. The van der Waals surface area contributed by atoms with E-state index in [0.29, 0.717) is 18.6 Å². The molecule has 0 aliphatic heterocycles. The summed E-state index contributed by atoms with van der Waals surface area (Å²) < 4.78 is 0. The minimum atomic E-state index is 0.343. The van der Waals surface area contributed by atoms with E-state index in [1.165, 1.54) is 0 Å². The summed E-state index contributed by atoms with van der Waals surface area (Å²) in [5.41, 5.74) is 0. The van der Waals surface area contributed by atoms with Crippen LogP contribution in [0.1, 0.15) is 26.7 Å². The van der Waals surface area contributed by atoms with E-state index in [4.69, 9.17) is 5.11 Å². The molecule has 0 spiro atoms. The molecule has 8 heavy (non-hydrogen) atoms. The summed E-state index contributed by atoms with van der Waals surface area (Å²) in [7, 11) is 1.00. The summed E-state index contributed by atoms with van der Waals surface area (Å²) in [6.45, 7) is 3.76. The maximum Gasteiger partial charge on any atom is 0.132 e. The topological polar surface area (TPSA) is 37.3 Å². The van der Waals surface area contributed by atoms with Crippen LogP contribution >= 0.6 is 0 Å². The summed E-state index contributed by atoms with van der Waals surface area (Å²) in [6, 6.07) is 0. The first-order valence-electron chi connectivity index (χ1n) is 2.77. The van der Waals surface area contributed by atoms with Gasteiger partial charge in [-0.2, -0.15) is 0 Å². The molecule has 0 bridgehead atoms. The number of aliphatic hydroxyl groups excluding tert-OH is 1. The SMILES string of the molecule is CCC(=O)CC.CO. The molecule has 50 valence electrons. The zero-order valence-electron chi connectivity index (χ0n) is 5.77. The molecular formula is C6H14O2. The summed E-state index contributed by atoms with van der Waals surface area (Å²) in [5, 5.41) is 7.00. The van der Waals surface area contributed by atoms with Crippen molar-refractivity contribution < 1.29 is 9.90 Å². The molecule has 0 atom stereocenters. The molecule has 0 aliphatic rings. The number of ketones is 1. The van der Waals surface area contributed by atoms with E-state index in [0.717, 1.165) is 7.11 Å². The maximum atomic E-state index is 10.2. The van der Waals surface area contributed by atoms with Crippen LogP contribution in [0.2, 0.25) is 0 Å². The lowest BCUT2D eigenvalue weighted by Gasteiger charge is -1.81. The van der Waals surface area contributed by atoms with Crippen molar-refractivity contribution >= 4 is 5.78 Å². The zero-order chi connectivity index (χ0) is 6.99. The van der Waals surface area contributed by atoms with Crippen molar-refractivity contribution in [3.05, 3.63) is 0 Å². The van der Waals surface area contributed by atoms with Crippen molar-refractivity contribution in [1.29, 1.82) is 0 Å². The van der Waals surface area contributed by atoms with Crippen LogP contribution in [0, 0.1) is 0 Å². The van der Waals surface area contributed by atoms with Gasteiger partial charge in [0.05, 0.1) is 0 Å². The number of hydrogen-bond donors (Lipinski definition) is 1. The molecule has 0 unspecified atom stereocenters. The number of carbonyl (C=O) groups is 1. The summed E-state index contributed by atoms with van der Waals surface area (Å²) in [4.78, 5) is 10.2. The van der Waals surface area contributed by atoms with E-state index in [1.54, 1.807) is 0 Å². The van der Waals surface area contributed by atoms with E-state index in [-0.39, 0.29) is 0 Å². The van der Waals surface area contributed by atoms with Crippen LogP contribution in [0.15, 0.2) is 0 Å². The van der Waals surface area contributed by atoms with Crippen molar-refractivity contribution in [2.24, 2.45) is 0 Å². The Morgan fingerprint density at radius 3 is 1.50 bits per heavy atom. The van der Waals surface area contributed by atoms with Gasteiger partial charge in [-0.05, 0) is 0 Å². The Morgan fingerprint density at radius 1 is 1.25 bits per heavy atom. The van der Waals surface area contributed by atoms with Gasteiger partial charge >= 0.3 is 0 Å². The first-order valence-corrected chi connectivity index (χ1v) is 2.77. The number of hydrogen-bond acceptors (Lipinski definition) is 2. The second-order valence-corrected chi connectivity index (χ2v) is 1.25. The molecule has 0 heterocycles. The first kappa shape index (κ1) is 10.6. The largest absolute Gasteiger partial charge is 0.400 e. The monoisotopic (exact) mass is 118 g/mol. The highest BCUT2D eigenvalue weighted by Crippen LogP contribution is 1.82. The number of carbonyl (C=O) groups excluding carboxylic acids is 1. The lowest BCUT2D eigenvalue weighted by Crippen LogP contribution is -1.88. The highest BCUT2D eigenvalue weighted by atomic mass is 16.2. The molecule has 1 N–H and O–H groups in total. The van der Waals surface area contributed by atoms with Crippen LogP contribution in [0.25, 0.3) is 0 Å². The second kappa shape index (κ2) is 9.80. The quantitative estimate of drug-likeness (QED) is 0.587. The third-order valence-corrected chi connectivity index (χ3v) is 0.789. The predicted octanol–water partition coefficient (Wildman–Crippen LogP) is 0.984. The normalized spacial score (nSPS) is 7.00. The van der Waals surface area contributed by atoms with Gasteiger partial charge in [-0.25, -0.2) is 0 Å². The van der Waals surface area contributed by atoms with E-state index >= 15 is 0 Å². The Bertz CT molecular complexity index is 44.5. The van der Waals surface area contributed by atoms with Gasteiger partial charge in [0.25, 0.3) is 0 Å². The minimum Gasteiger partial charge on any atom is -0.400 e. The van der Waals surface area contributed by atoms with Crippen LogP contribution in [0.5, 0.6) is 0 Å². The van der Waals surface area contributed by atoms with Gasteiger partial charge in [-0.15, -0.1) is 0 Å². The van der Waals surface area contributed by atoms with Crippen LogP contribution in [-0.4, -0.2) is 18.0 Å². The fourth-order valence-corrected chi connectivity index (χ4v) is 0.250. The lowest BCUT2D eigenvalue weighted by molar-refractivity contribution is -0.118. The molecular weight excluding hydrogens is 104 g/mol. The molecule has 0 aliphatic carbocycles. The van der Waals surface area contributed by atoms with Crippen molar-refractivity contribution in [2.75, 3.05) is 7.11 Å². The van der Waals surface area contributed by atoms with Gasteiger partial charge in [-0.3, -0.25) is 4.79 Å². The van der Waals surface area contributed by atoms with Gasteiger partial charge in [-0.1, -0.05) is 13.8 Å². The molecule has 0 aromatic rings.